The molecule has 0 bridgehead atoms. The predicted octanol–water partition coefficient (Wildman–Crippen LogP) is 5.89. The minimum absolute atomic E-state index is 0.239. The molecule has 0 saturated carbocycles. The number of aromatic nitrogens is 2. The van der Waals surface area contributed by atoms with Crippen LogP contribution in [0.3, 0.4) is 0 Å². The molecule has 3 aromatic carbocycles. The van der Waals surface area contributed by atoms with Crippen LogP contribution in [0.1, 0.15) is 35.5 Å². The fraction of sp³-hybridized carbons (Fsp3) is 0.179. The zero-order valence-electron chi connectivity index (χ0n) is 20.2. The highest BCUT2D eigenvalue weighted by atomic mass is 19.1. The molecule has 0 radical (unpaired) electrons. The Labute approximate surface area is 208 Å². The summed E-state index contributed by atoms with van der Waals surface area (Å²) < 4.78 is 24.9. The van der Waals surface area contributed by atoms with E-state index in [0.29, 0.717) is 29.1 Å². The normalized spacial score (nSPS) is 15.7. The lowest BCUT2D eigenvalue weighted by atomic mass is 9.94. The molecule has 1 aliphatic heterocycles. The van der Waals surface area contributed by atoms with Crippen LogP contribution >= 0.6 is 0 Å². The van der Waals surface area contributed by atoms with Gasteiger partial charge in [-0.05, 0) is 54.8 Å². The largest absolute Gasteiger partial charge is 0.497 e. The van der Waals surface area contributed by atoms with Crippen LogP contribution in [0.15, 0.2) is 83.0 Å². The van der Waals surface area contributed by atoms with Gasteiger partial charge in [-0.2, -0.15) is 4.98 Å². The summed E-state index contributed by atoms with van der Waals surface area (Å²) in [5.41, 5.74) is 4.75. The highest BCUT2D eigenvalue weighted by Gasteiger charge is 2.36. The number of urea groups is 1. The molecular weight excluding hydrogens is 459 g/mol. The Morgan fingerprint density at radius 3 is 2.64 bits per heavy atom. The van der Waals surface area contributed by atoms with Crippen molar-refractivity contribution in [2.75, 3.05) is 7.11 Å². The van der Waals surface area contributed by atoms with Crippen molar-refractivity contribution < 1.29 is 18.4 Å². The Morgan fingerprint density at radius 1 is 1.06 bits per heavy atom. The number of aryl methyl sites for hydroxylation is 1. The van der Waals surface area contributed by atoms with E-state index in [-0.39, 0.29) is 17.7 Å². The van der Waals surface area contributed by atoms with Crippen molar-refractivity contribution in [3.05, 3.63) is 107 Å². The number of hydrogen-bond acceptors (Lipinski definition) is 5. The molecule has 0 saturated heterocycles. The minimum Gasteiger partial charge on any atom is -0.497 e. The number of carbonyl (C=O) groups is 1. The summed E-state index contributed by atoms with van der Waals surface area (Å²) in [6, 6.07) is 20.6. The predicted molar refractivity (Wildman–Crippen MR) is 133 cm³/mol. The third-order valence-electron chi connectivity index (χ3n) is 6.35. The Bertz CT molecular complexity index is 1460. The van der Waals surface area contributed by atoms with Gasteiger partial charge in [0.05, 0.1) is 25.3 Å². The van der Waals surface area contributed by atoms with Gasteiger partial charge in [0.1, 0.15) is 11.6 Å². The topological polar surface area (TPSA) is 80.5 Å². The number of nitrogens with zero attached hydrogens (tertiary/aromatic N) is 3. The summed E-state index contributed by atoms with van der Waals surface area (Å²) in [6.07, 6.45) is 0. The van der Waals surface area contributed by atoms with E-state index in [9.17, 15) is 9.18 Å². The molecule has 7 nitrogen and oxygen atoms in total. The average molecular weight is 485 g/mol. The smallest absolute Gasteiger partial charge is 0.322 e. The molecule has 0 aliphatic carbocycles. The molecule has 4 aromatic rings. The van der Waals surface area contributed by atoms with Crippen LogP contribution in [0.2, 0.25) is 0 Å². The van der Waals surface area contributed by atoms with E-state index >= 15 is 0 Å². The molecule has 1 unspecified atom stereocenters. The summed E-state index contributed by atoms with van der Waals surface area (Å²) >= 11 is 0. The second-order valence-electron chi connectivity index (χ2n) is 8.60. The maximum absolute atomic E-state index is 13.8. The monoisotopic (exact) mass is 484 g/mol. The van der Waals surface area contributed by atoms with Crippen LogP contribution in [0.5, 0.6) is 5.75 Å². The van der Waals surface area contributed by atoms with E-state index in [4.69, 9.17) is 9.26 Å². The van der Waals surface area contributed by atoms with Crippen molar-refractivity contribution >= 4 is 11.6 Å². The van der Waals surface area contributed by atoms with Crippen LogP contribution < -0.4 is 10.1 Å². The van der Waals surface area contributed by atoms with Crippen molar-refractivity contribution in [1.82, 2.24) is 20.4 Å². The van der Waals surface area contributed by atoms with Gasteiger partial charge in [0.2, 0.25) is 5.82 Å². The Morgan fingerprint density at radius 2 is 1.86 bits per heavy atom. The summed E-state index contributed by atoms with van der Waals surface area (Å²) in [6.45, 7) is 4.26. The molecular formula is C28H25FN4O3. The SMILES string of the molecule is COc1cccc(C2NC(=O)N(Cc3ccccc3C)C(C)=C2c2nc(-c3cccc(F)c3)no2)c1. The van der Waals surface area contributed by atoms with Crippen LogP contribution in [0.4, 0.5) is 9.18 Å². The summed E-state index contributed by atoms with van der Waals surface area (Å²) in [4.78, 5) is 19.6. The maximum Gasteiger partial charge on any atom is 0.322 e. The number of amides is 2. The third-order valence-corrected chi connectivity index (χ3v) is 6.35. The molecule has 1 aliphatic rings. The second-order valence-corrected chi connectivity index (χ2v) is 8.60. The second kappa shape index (κ2) is 9.65. The Hall–Kier alpha value is -4.46. The number of benzene rings is 3. The number of rotatable bonds is 6. The zero-order chi connectivity index (χ0) is 25.2. The molecule has 5 rings (SSSR count). The first-order valence-corrected chi connectivity index (χ1v) is 11.5. The molecule has 2 amide bonds. The van der Waals surface area contributed by atoms with Gasteiger partial charge in [-0.3, -0.25) is 4.90 Å². The van der Waals surface area contributed by atoms with Gasteiger partial charge in [0.25, 0.3) is 5.89 Å². The fourth-order valence-electron chi connectivity index (χ4n) is 4.36. The highest BCUT2D eigenvalue weighted by Crippen LogP contribution is 2.38. The molecule has 1 atom stereocenters. The van der Waals surface area contributed by atoms with Crippen molar-refractivity contribution in [3.8, 4) is 17.1 Å². The quantitative estimate of drug-likeness (QED) is 0.369. The van der Waals surface area contributed by atoms with E-state index in [1.165, 1.54) is 12.1 Å². The lowest BCUT2D eigenvalue weighted by Crippen LogP contribution is -2.45. The van der Waals surface area contributed by atoms with Gasteiger partial charge in [-0.25, -0.2) is 9.18 Å². The van der Waals surface area contributed by atoms with Gasteiger partial charge in [-0.1, -0.05) is 53.7 Å². The lowest BCUT2D eigenvalue weighted by molar-refractivity contribution is 0.203. The van der Waals surface area contributed by atoms with Crippen LogP contribution in [0.25, 0.3) is 17.0 Å². The van der Waals surface area contributed by atoms with Crippen molar-refractivity contribution in [1.29, 1.82) is 0 Å². The average Bonchev–Trinajstić information content (AvgIpc) is 3.37. The Balaban J connectivity index is 1.62. The van der Waals surface area contributed by atoms with Gasteiger partial charge in [0.15, 0.2) is 0 Å². The molecule has 0 spiro atoms. The molecule has 1 aromatic heterocycles. The summed E-state index contributed by atoms with van der Waals surface area (Å²) in [7, 11) is 1.59. The molecule has 182 valence electrons. The first kappa shape index (κ1) is 23.3. The number of methoxy groups -OCH3 is 1. The summed E-state index contributed by atoms with van der Waals surface area (Å²) in [5, 5.41) is 7.20. The fourth-order valence-corrected chi connectivity index (χ4v) is 4.36. The zero-order valence-corrected chi connectivity index (χ0v) is 20.2. The number of hydrogen-bond donors (Lipinski definition) is 1. The molecule has 0 fully saturated rings. The van der Waals surface area contributed by atoms with Crippen LogP contribution in [-0.4, -0.2) is 28.2 Å². The van der Waals surface area contributed by atoms with E-state index in [2.05, 4.69) is 15.5 Å². The maximum atomic E-state index is 13.8. The van der Waals surface area contributed by atoms with Crippen LogP contribution in [-0.2, 0) is 6.54 Å². The van der Waals surface area contributed by atoms with E-state index < -0.39 is 11.9 Å². The van der Waals surface area contributed by atoms with Gasteiger partial charge in [-0.15, -0.1) is 0 Å². The lowest BCUT2D eigenvalue weighted by Gasteiger charge is -2.35. The number of halogens is 1. The van der Waals surface area contributed by atoms with Crippen molar-refractivity contribution in [2.45, 2.75) is 26.4 Å². The van der Waals surface area contributed by atoms with Crippen molar-refractivity contribution in [2.24, 2.45) is 0 Å². The third kappa shape index (κ3) is 4.45. The first-order chi connectivity index (χ1) is 17.4. The number of allylic oxidation sites excluding steroid dienone is 1. The first-order valence-electron chi connectivity index (χ1n) is 11.5. The highest BCUT2D eigenvalue weighted by molar-refractivity contribution is 5.87. The number of carbonyl (C=O) groups excluding carboxylic acids is 1. The van der Waals surface area contributed by atoms with E-state index in [0.717, 1.165) is 16.7 Å². The number of ether oxygens (including phenoxy) is 1. The molecule has 36 heavy (non-hydrogen) atoms. The standard InChI is InChI=1S/C28H25FN4O3/c1-17-8-4-5-9-21(17)16-33-18(2)24(25(30-28(33)34)19-10-7-13-23(15-19)35-3)27-31-26(32-36-27)20-11-6-12-22(29)14-20/h4-15,25H,16H2,1-3H3,(H,30,34). The molecule has 8 heteroatoms. The van der Waals surface area contributed by atoms with Gasteiger partial charge < -0.3 is 14.6 Å². The summed E-state index contributed by atoms with van der Waals surface area (Å²) in [5.74, 6) is 0.774. The molecule has 1 N–H and O–H groups in total. The van der Waals surface area contributed by atoms with E-state index in [1.54, 1.807) is 24.1 Å². The van der Waals surface area contributed by atoms with Gasteiger partial charge >= 0.3 is 6.03 Å². The molecule has 2 heterocycles. The number of nitrogens with one attached hydrogen (secondary N) is 1. The van der Waals surface area contributed by atoms with E-state index in [1.807, 2.05) is 62.4 Å². The Kier molecular flexibility index (Phi) is 6.25. The minimum atomic E-state index is -0.554. The van der Waals surface area contributed by atoms with Crippen molar-refractivity contribution in [3.63, 3.8) is 0 Å². The van der Waals surface area contributed by atoms with Crippen LogP contribution in [0, 0.1) is 12.7 Å². The van der Waals surface area contributed by atoms with Gasteiger partial charge in [0, 0.05) is 11.3 Å².